The third kappa shape index (κ3) is 4.31. The SMILES string of the molecule is COc1ccccc1CNCC(c1ccccc1)N(C)C. The molecule has 21 heavy (non-hydrogen) atoms. The molecule has 3 nitrogen and oxygen atoms in total. The zero-order chi connectivity index (χ0) is 15.1. The van der Waals surface area contributed by atoms with Gasteiger partial charge in [-0.2, -0.15) is 0 Å². The minimum absolute atomic E-state index is 0.362. The van der Waals surface area contributed by atoms with E-state index in [9.17, 15) is 0 Å². The normalized spacial score (nSPS) is 12.4. The van der Waals surface area contributed by atoms with Crippen LogP contribution in [0.25, 0.3) is 0 Å². The molecule has 0 aliphatic heterocycles. The van der Waals surface area contributed by atoms with Crippen molar-refractivity contribution in [3.8, 4) is 5.75 Å². The lowest BCUT2D eigenvalue weighted by molar-refractivity contribution is 0.288. The molecule has 1 atom stereocenters. The molecule has 1 N–H and O–H groups in total. The Kier molecular flexibility index (Phi) is 5.78. The van der Waals surface area contributed by atoms with Crippen LogP contribution in [-0.4, -0.2) is 32.6 Å². The average molecular weight is 284 g/mol. The van der Waals surface area contributed by atoms with Crippen LogP contribution in [0, 0.1) is 0 Å². The molecular weight excluding hydrogens is 260 g/mol. The van der Waals surface area contributed by atoms with Crippen molar-refractivity contribution in [1.29, 1.82) is 0 Å². The van der Waals surface area contributed by atoms with Crippen LogP contribution in [0.15, 0.2) is 54.6 Å². The van der Waals surface area contributed by atoms with E-state index in [1.54, 1.807) is 7.11 Å². The van der Waals surface area contributed by atoms with Crippen LogP contribution < -0.4 is 10.1 Å². The molecule has 2 rings (SSSR count). The summed E-state index contributed by atoms with van der Waals surface area (Å²) in [5.74, 6) is 0.936. The van der Waals surface area contributed by atoms with Crippen LogP contribution in [0.3, 0.4) is 0 Å². The van der Waals surface area contributed by atoms with E-state index in [2.05, 4.69) is 60.7 Å². The number of benzene rings is 2. The highest BCUT2D eigenvalue weighted by Gasteiger charge is 2.13. The summed E-state index contributed by atoms with van der Waals surface area (Å²) in [6.45, 7) is 1.70. The van der Waals surface area contributed by atoms with Gasteiger partial charge in [-0.1, -0.05) is 48.5 Å². The molecule has 0 saturated heterocycles. The van der Waals surface area contributed by atoms with Crippen molar-refractivity contribution >= 4 is 0 Å². The minimum Gasteiger partial charge on any atom is -0.496 e. The lowest BCUT2D eigenvalue weighted by Crippen LogP contribution is -2.30. The Morgan fingerprint density at radius 2 is 1.67 bits per heavy atom. The maximum atomic E-state index is 5.38. The van der Waals surface area contributed by atoms with Crippen molar-refractivity contribution in [2.75, 3.05) is 27.7 Å². The fourth-order valence-corrected chi connectivity index (χ4v) is 2.47. The summed E-state index contributed by atoms with van der Waals surface area (Å²) in [5, 5.41) is 3.53. The highest BCUT2D eigenvalue weighted by atomic mass is 16.5. The van der Waals surface area contributed by atoms with Crippen LogP contribution >= 0.6 is 0 Å². The Morgan fingerprint density at radius 3 is 2.33 bits per heavy atom. The lowest BCUT2D eigenvalue weighted by Gasteiger charge is -2.25. The van der Waals surface area contributed by atoms with Gasteiger partial charge >= 0.3 is 0 Å². The molecule has 0 aliphatic rings. The van der Waals surface area contributed by atoms with Crippen LogP contribution in [0.5, 0.6) is 5.75 Å². The number of nitrogens with zero attached hydrogens (tertiary/aromatic N) is 1. The van der Waals surface area contributed by atoms with Gasteiger partial charge in [0, 0.05) is 24.7 Å². The summed E-state index contributed by atoms with van der Waals surface area (Å²) in [5.41, 5.74) is 2.51. The quantitative estimate of drug-likeness (QED) is 0.845. The van der Waals surface area contributed by atoms with Crippen molar-refractivity contribution in [1.82, 2.24) is 10.2 Å². The Morgan fingerprint density at radius 1 is 1.00 bits per heavy atom. The Labute approximate surface area is 127 Å². The smallest absolute Gasteiger partial charge is 0.123 e. The van der Waals surface area contributed by atoms with E-state index in [4.69, 9.17) is 4.74 Å². The molecule has 0 bridgehead atoms. The van der Waals surface area contributed by atoms with Crippen LogP contribution in [0.2, 0.25) is 0 Å². The first-order valence-electron chi connectivity index (χ1n) is 7.26. The third-order valence-electron chi connectivity index (χ3n) is 3.65. The summed E-state index contributed by atoms with van der Waals surface area (Å²) < 4.78 is 5.38. The molecule has 0 radical (unpaired) electrons. The second kappa shape index (κ2) is 7.81. The summed E-state index contributed by atoms with van der Waals surface area (Å²) in [6.07, 6.45) is 0. The first-order chi connectivity index (χ1) is 10.2. The van der Waals surface area contributed by atoms with Crippen LogP contribution in [0.4, 0.5) is 0 Å². The van der Waals surface area contributed by atoms with E-state index in [-0.39, 0.29) is 0 Å². The number of ether oxygens (including phenoxy) is 1. The fraction of sp³-hybridized carbons (Fsp3) is 0.333. The van der Waals surface area contributed by atoms with Crippen molar-refractivity contribution in [2.24, 2.45) is 0 Å². The van der Waals surface area contributed by atoms with Crippen LogP contribution in [-0.2, 0) is 6.54 Å². The number of rotatable bonds is 7. The second-order valence-corrected chi connectivity index (χ2v) is 5.33. The number of para-hydroxylation sites is 1. The molecular formula is C18H24N2O. The molecule has 112 valence electrons. The summed E-state index contributed by atoms with van der Waals surface area (Å²) in [6, 6.07) is 19.1. The van der Waals surface area contributed by atoms with Gasteiger partial charge < -0.3 is 15.0 Å². The van der Waals surface area contributed by atoms with Crippen molar-refractivity contribution < 1.29 is 4.74 Å². The van der Waals surface area contributed by atoms with E-state index < -0.39 is 0 Å². The van der Waals surface area contributed by atoms with Gasteiger partial charge in [-0.25, -0.2) is 0 Å². The van der Waals surface area contributed by atoms with E-state index in [1.165, 1.54) is 11.1 Å². The molecule has 0 aromatic heterocycles. The third-order valence-corrected chi connectivity index (χ3v) is 3.65. The summed E-state index contributed by atoms with van der Waals surface area (Å²) in [7, 11) is 5.94. The number of methoxy groups -OCH3 is 1. The van der Waals surface area contributed by atoms with Gasteiger partial charge in [-0.05, 0) is 25.7 Å². The minimum atomic E-state index is 0.362. The molecule has 3 heteroatoms. The van der Waals surface area contributed by atoms with Gasteiger partial charge in [0.2, 0.25) is 0 Å². The fourth-order valence-electron chi connectivity index (χ4n) is 2.47. The molecule has 0 saturated carbocycles. The first kappa shape index (κ1) is 15.5. The standard InChI is InChI=1S/C18H24N2O/c1-20(2)17(15-9-5-4-6-10-15)14-19-13-16-11-7-8-12-18(16)21-3/h4-12,17,19H,13-14H2,1-3H3. The van der Waals surface area contributed by atoms with E-state index in [1.807, 2.05) is 18.2 Å². The average Bonchev–Trinajstić information content (AvgIpc) is 2.52. The topological polar surface area (TPSA) is 24.5 Å². The zero-order valence-corrected chi connectivity index (χ0v) is 13.0. The molecule has 1 unspecified atom stereocenters. The Bertz CT molecular complexity index is 540. The molecule has 0 fully saturated rings. The van der Waals surface area contributed by atoms with E-state index in [0.717, 1.165) is 18.8 Å². The van der Waals surface area contributed by atoms with Crippen molar-refractivity contribution in [3.05, 3.63) is 65.7 Å². The molecule has 0 aliphatic carbocycles. The van der Waals surface area contributed by atoms with Gasteiger partial charge in [-0.3, -0.25) is 0 Å². The lowest BCUT2D eigenvalue weighted by atomic mass is 10.1. The highest BCUT2D eigenvalue weighted by Crippen LogP contribution is 2.19. The zero-order valence-electron chi connectivity index (χ0n) is 13.0. The van der Waals surface area contributed by atoms with Gasteiger partial charge in [-0.15, -0.1) is 0 Å². The van der Waals surface area contributed by atoms with E-state index >= 15 is 0 Å². The number of hydrogen-bond donors (Lipinski definition) is 1. The van der Waals surface area contributed by atoms with Gasteiger partial charge in [0.1, 0.15) is 5.75 Å². The Hall–Kier alpha value is -1.84. The predicted molar refractivity (Wildman–Crippen MR) is 87.6 cm³/mol. The number of likely N-dealkylation sites (N-methyl/N-ethyl adjacent to an activating group) is 1. The van der Waals surface area contributed by atoms with Crippen molar-refractivity contribution in [2.45, 2.75) is 12.6 Å². The van der Waals surface area contributed by atoms with Crippen molar-refractivity contribution in [3.63, 3.8) is 0 Å². The second-order valence-electron chi connectivity index (χ2n) is 5.33. The Balaban J connectivity index is 1.97. The number of nitrogens with one attached hydrogen (secondary N) is 1. The van der Waals surface area contributed by atoms with E-state index in [0.29, 0.717) is 6.04 Å². The largest absolute Gasteiger partial charge is 0.496 e. The summed E-state index contributed by atoms with van der Waals surface area (Å²) in [4.78, 5) is 2.24. The monoisotopic (exact) mass is 284 g/mol. The van der Waals surface area contributed by atoms with Gasteiger partial charge in [0.05, 0.1) is 7.11 Å². The molecule has 0 amide bonds. The van der Waals surface area contributed by atoms with Gasteiger partial charge in [0.15, 0.2) is 0 Å². The molecule has 0 heterocycles. The van der Waals surface area contributed by atoms with Gasteiger partial charge in [0.25, 0.3) is 0 Å². The molecule has 0 spiro atoms. The van der Waals surface area contributed by atoms with Crippen LogP contribution in [0.1, 0.15) is 17.2 Å². The maximum absolute atomic E-state index is 5.38. The molecule has 2 aromatic rings. The predicted octanol–water partition coefficient (Wildman–Crippen LogP) is 3.09. The number of hydrogen-bond acceptors (Lipinski definition) is 3. The molecule has 2 aromatic carbocycles. The maximum Gasteiger partial charge on any atom is 0.123 e. The first-order valence-corrected chi connectivity index (χ1v) is 7.26. The summed E-state index contributed by atoms with van der Waals surface area (Å²) >= 11 is 0. The highest BCUT2D eigenvalue weighted by molar-refractivity contribution is 5.33.